The molecule has 0 saturated heterocycles. The van der Waals surface area contributed by atoms with Crippen molar-refractivity contribution in [3.8, 4) is 17.2 Å². The van der Waals surface area contributed by atoms with E-state index in [1.165, 1.54) is 17.2 Å². The molecule has 33 heavy (non-hydrogen) atoms. The van der Waals surface area contributed by atoms with Crippen molar-refractivity contribution >= 4 is 23.7 Å². The summed E-state index contributed by atoms with van der Waals surface area (Å²) in [7, 11) is 0. The van der Waals surface area contributed by atoms with Crippen LogP contribution in [0, 0.1) is 0 Å². The van der Waals surface area contributed by atoms with Gasteiger partial charge in [-0.05, 0) is 64.5 Å². The van der Waals surface area contributed by atoms with Gasteiger partial charge >= 0.3 is 0 Å². The van der Waals surface area contributed by atoms with E-state index in [-0.39, 0.29) is 6.61 Å². The van der Waals surface area contributed by atoms with E-state index >= 15 is 0 Å². The number of hydrogen-bond acceptors (Lipinski definition) is 7. The fraction of sp³-hybridized carbons (Fsp3) is 0.0870. The number of para-hydroxylation sites is 1. The average Bonchev–Trinajstić information content (AvgIpc) is 3.39. The Morgan fingerprint density at radius 1 is 1.03 bits per heavy atom. The molecule has 0 aliphatic carbocycles. The zero-order valence-corrected chi connectivity index (χ0v) is 18.1. The first-order valence-electron chi connectivity index (χ1n) is 9.92. The van der Waals surface area contributed by atoms with Crippen molar-refractivity contribution in [2.24, 2.45) is 5.10 Å². The van der Waals surface area contributed by atoms with Gasteiger partial charge in [-0.15, -0.1) is 5.10 Å². The zero-order valence-electron chi connectivity index (χ0n) is 17.3. The van der Waals surface area contributed by atoms with Crippen LogP contribution in [0.5, 0.6) is 11.5 Å². The topological polar surface area (TPSA) is 104 Å². The molecule has 10 heteroatoms. The summed E-state index contributed by atoms with van der Waals surface area (Å²) in [5, 5.41) is 15.7. The van der Waals surface area contributed by atoms with Crippen molar-refractivity contribution in [3.63, 3.8) is 0 Å². The van der Waals surface area contributed by atoms with Crippen molar-refractivity contribution < 1.29 is 14.3 Å². The number of nitrogens with zero attached hydrogens (tertiary/aromatic N) is 5. The third kappa shape index (κ3) is 6.37. The molecule has 1 heterocycles. The molecule has 0 atom stereocenters. The lowest BCUT2D eigenvalue weighted by molar-refractivity contribution is -0.123. The summed E-state index contributed by atoms with van der Waals surface area (Å²) in [6, 6.07) is 21.8. The van der Waals surface area contributed by atoms with Crippen LogP contribution in [-0.4, -0.2) is 38.9 Å². The van der Waals surface area contributed by atoms with E-state index in [4.69, 9.17) is 21.1 Å². The molecule has 0 bridgehead atoms. The SMILES string of the molecule is O=C(COc1ccc(-n2cnnn2)cc1)N/N=C/c1ccccc1OCc1ccc(Cl)cc1. The molecule has 3 aromatic carbocycles. The first-order chi connectivity index (χ1) is 16.2. The number of hydrogen-bond donors (Lipinski definition) is 1. The lowest BCUT2D eigenvalue weighted by Crippen LogP contribution is -2.24. The van der Waals surface area contributed by atoms with Gasteiger partial charge in [0.15, 0.2) is 6.61 Å². The largest absolute Gasteiger partial charge is 0.488 e. The molecular weight excluding hydrogens is 444 g/mol. The Bertz CT molecular complexity index is 1210. The predicted octanol–water partition coefficient (Wildman–Crippen LogP) is 3.42. The van der Waals surface area contributed by atoms with Gasteiger partial charge in [0.05, 0.1) is 11.9 Å². The number of carbonyl (C=O) groups is 1. The summed E-state index contributed by atoms with van der Waals surface area (Å²) in [5.74, 6) is 0.784. The van der Waals surface area contributed by atoms with Crippen LogP contribution in [0.15, 0.2) is 84.2 Å². The number of amides is 1. The van der Waals surface area contributed by atoms with E-state index in [9.17, 15) is 4.79 Å². The number of aromatic nitrogens is 4. The van der Waals surface area contributed by atoms with Crippen LogP contribution in [0.1, 0.15) is 11.1 Å². The van der Waals surface area contributed by atoms with Crippen molar-refractivity contribution in [1.82, 2.24) is 25.6 Å². The minimum absolute atomic E-state index is 0.184. The predicted molar refractivity (Wildman–Crippen MR) is 123 cm³/mol. The third-order valence-electron chi connectivity index (χ3n) is 4.44. The minimum Gasteiger partial charge on any atom is -0.488 e. The van der Waals surface area contributed by atoms with Crippen LogP contribution in [0.2, 0.25) is 5.02 Å². The minimum atomic E-state index is -0.393. The van der Waals surface area contributed by atoms with E-state index in [2.05, 4.69) is 26.1 Å². The second kappa shape index (κ2) is 10.9. The van der Waals surface area contributed by atoms with Crippen molar-refractivity contribution in [2.45, 2.75) is 6.61 Å². The molecule has 1 aromatic heterocycles. The van der Waals surface area contributed by atoms with Gasteiger partial charge in [0.2, 0.25) is 0 Å². The molecular formula is C23H19ClN6O3. The van der Waals surface area contributed by atoms with Crippen LogP contribution < -0.4 is 14.9 Å². The molecule has 4 rings (SSSR count). The van der Waals surface area contributed by atoms with Gasteiger partial charge in [0, 0.05) is 10.6 Å². The summed E-state index contributed by atoms with van der Waals surface area (Å²) in [5.41, 5.74) is 4.94. The molecule has 1 amide bonds. The van der Waals surface area contributed by atoms with Gasteiger partial charge in [-0.2, -0.15) is 5.10 Å². The standard InChI is InChI=1S/C23H19ClN6O3/c24-19-7-5-17(6-8-19)14-33-22-4-2-1-3-18(22)13-25-27-23(31)15-32-21-11-9-20(10-12-21)30-16-26-28-29-30/h1-13,16H,14-15H2,(H,27,31)/b25-13+. The summed E-state index contributed by atoms with van der Waals surface area (Å²) >= 11 is 5.91. The third-order valence-corrected chi connectivity index (χ3v) is 4.69. The lowest BCUT2D eigenvalue weighted by Gasteiger charge is -2.09. The van der Waals surface area contributed by atoms with Crippen LogP contribution >= 0.6 is 11.6 Å². The normalized spacial score (nSPS) is 10.8. The van der Waals surface area contributed by atoms with Crippen molar-refractivity contribution in [2.75, 3.05) is 6.61 Å². The highest BCUT2D eigenvalue weighted by atomic mass is 35.5. The highest BCUT2D eigenvalue weighted by Gasteiger charge is 2.05. The zero-order chi connectivity index (χ0) is 22.9. The van der Waals surface area contributed by atoms with Crippen molar-refractivity contribution in [3.05, 3.63) is 95.3 Å². The molecule has 1 N–H and O–H groups in total. The number of nitrogens with one attached hydrogen (secondary N) is 1. The van der Waals surface area contributed by atoms with E-state index in [0.29, 0.717) is 23.1 Å². The molecule has 0 fully saturated rings. The number of carbonyl (C=O) groups excluding carboxylic acids is 1. The molecule has 0 aliphatic rings. The van der Waals surface area contributed by atoms with E-state index < -0.39 is 5.91 Å². The maximum Gasteiger partial charge on any atom is 0.277 e. The lowest BCUT2D eigenvalue weighted by atomic mass is 10.2. The number of rotatable bonds is 9. The van der Waals surface area contributed by atoms with Gasteiger partial charge in [-0.25, -0.2) is 10.1 Å². The Labute approximate surface area is 194 Å². The average molecular weight is 463 g/mol. The maximum absolute atomic E-state index is 12.1. The van der Waals surface area contributed by atoms with Crippen molar-refractivity contribution in [1.29, 1.82) is 0 Å². The molecule has 0 saturated carbocycles. The Balaban J connectivity index is 1.26. The number of tetrazole rings is 1. The van der Waals surface area contributed by atoms with Crippen LogP contribution in [-0.2, 0) is 11.4 Å². The summed E-state index contributed by atoms with van der Waals surface area (Å²) in [4.78, 5) is 12.1. The molecule has 0 aliphatic heterocycles. The fourth-order valence-electron chi connectivity index (χ4n) is 2.79. The van der Waals surface area contributed by atoms with E-state index in [1.807, 2.05) is 48.5 Å². The second-order valence-corrected chi connectivity index (χ2v) is 7.22. The monoisotopic (exact) mass is 462 g/mol. The molecule has 0 unspecified atom stereocenters. The van der Waals surface area contributed by atoms with E-state index in [1.54, 1.807) is 24.3 Å². The van der Waals surface area contributed by atoms with Crippen LogP contribution in [0.25, 0.3) is 5.69 Å². The summed E-state index contributed by atoms with van der Waals surface area (Å²) in [6.07, 6.45) is 3.01. The smallest absolute Gasteiger partial charge is 0.277 e. The highest BCUT2D eigenvalue weighted by molar-refractivity contribution is 6.30. The van der Waals surface area contributed by atoms with Gasteiger partial charge in [0.25, 0.3) is 5.91 Å². The Kier molecular flexibility index (Phi) is 7.24. The maximum atomic E-state index is 12.1. The molecule has 4 aromatic rings. The second-order valence-electron chi connectivity index (χ2n) is 6.78. The van der Waals surface area contributed by atoms with Gasteiger partial charge in [0.1, 0.15) is 24.4 Å². The Hall–Kier alpha value is -4.24. The molecule has 0 radical (unpaired) electrons. The molecule has 9 nitrogen and oxygen atoms in total. The van der Waals surface area contributed by atoms with Crippen LogP contribution in [0.3, 0.4) is 0 Å². The number of hydrazone groups is 1. The van der Waals surface area contributed by atoms with Gasteiger partial charge < -0.3 is 9.47 Å². The number of benzene rings is 3. The molecule has 166 valence electrons. The quantitative estimate of drug-likeness (QED) is 0.302. The Morgan fingerprint density at radius 3 is 2.58 bits per heavy atom. The number of halogens is 1. The first-order valence-corrected chi connectivity index (χ1v) is 10.3. The number of ether oxygens (including phenoxy) is 2. The fourth-order valence-corrected chi connectivity index (χ4v) is 2.92. The summed E-state index contributed by atoms with van der Waals surface area (Å²) < 4.78 is 12.9. The summed E-state index contributed by atoms with van der Waals surface area (Å²) in [6.45, 7) is 0.199. The van der Waals surface area contributed by atoms with Gasteiger partial charge in [-0.1, -0.05) is 35.9 Å². The first kappa shape index (κ1) is 22.0. The Morgan fingerprint density at radius 2 is 1.82 bits per heavy atom. The highest BCUT2D eigenvalue weighted by Crippen LogP contribution is 2.18. The van der Waals surface area contributed by atoms with Crippen LogP contribution in [0.4, 0.5) is 0 Å². The van der Waals surface area contributed by atoms with Gasteiger partial charge in [-0.3, -0.25) is 4.79 Å². The van der Waals surface area contributed by atoms with E-state index in [0.717, 1.165) is 16.8 Å². The molecule has 0 spiro atoms.